The molecule has 1 unspecified atom stereocenters. The Morgan fingerprint density at radius 1 is 1.10 bits per heavy atom. The Labute approximate surface area is 128 Å². The van der Waals surface area contributed by atoms with Gasteiger partial charge in [-0.15, -0.1) is 0 Å². The Bertz CT molecular complexity index is 504. The number of benzene rings is 1. The minimum absolute atomic E-state index is 0.583. The van der Waals surface area contributed by atoms with Crippen molar-refractivity contribution in [2.75, 3.05) is 6.54 Å². The molecule has 1 heterocycles. The van der Waals surface area contributed by atoms with Gasteiger partial charge in [-0.1, -0.05) is 37.3 Å². The number of nitrogens with zero attached hydrogens (tertiary/aromatic N) is 2. The normalized spacial score (nSPS) is 12.5. The summed E-state index contributed by atoms with van der Waals surface area (Å²) in [5, 5.41) is 7.94. The summed E-state index contributed by atoms with van der Waals surface area (Å²) in [4.78, 5) is 0. The molecule has 3 nitrogen and oxygen atoms in total. The molecule has 1 atom stereocenters. The van der Waals surface area contributed by atoms with Gasteiger partial charge in [0, 0.05) is 25.0 Å². The van der Waals surface area contributed by atoms with Crippen LogP contribution in [0.15, 0.2) is 42.6 Å². The molecule has 2 rings (SSSR count). The van der Waals surface area contributed by atoms with Gasteiger partial charge in [-0.25, -0.2) is 0 Å². The monoisotopic (exact) mass is 285 g/mol. The molecule has 0 spiro atoms. The van der Waals surface area contributed by atoms with E-state index >= 15 is 0 Å². The van der Waals surface area contributed by atoms with Gasteiger partial charge in [-0.05, 0) is 50.3 Å². The van der Waals surface area contributed by atoms with Crippen LogP contribution in [0.5, 0.6) is 0 Å². The van der Waals surface area contributed by atoms with E-state index in [2.05, 4.69) is 53.7 Å². The van der Waals surface area contributed by atoms with Crippen LogP contribution >= 0.6 is 0 Å². The van der Waals surface area contributed by atoms with Crippen molar-refractivity contribution < 1.29 is 0 Å². The highest BCUT2D eigenvalue weighted by Gasteiger charge is 2.09. The van der Waals surface area contributed by atoms with Crippen LogP contribution in [-0.2, 0) is 19.9 Å². The average molecular weight is 285 g/mol. The minimum Gasteiger partial charge on any atom is -0.314 e. The second-order valence-electron chi connectivity index (χ2n) is 5.66. The van der Waals surface area contributed by atoms with Crippen molar-refractivity contribution >= 4 is 0 Å². The summed E-state index contributed by atoms with van der Waals surface area (Å²) in [6.45, 7) is 3.33. The van der Waals surface area contributed by atoms with Crippen molar-refractivity contribution in [2.45, 2.75) is 45.1 Å². The lowest BCUT2D eigenvalue weighted by Gasteiger charge is -2.18. The van der Waals surface area contributed by atoms with Crippen LogP contribution in [0.2, 0.25) is 0 Å². The number of rotatable bonds is 9. The van der Waals surface area contributed by atoms with Crippen molar-refractivity contribution in [1.82, 2.24) is 15.1 Å². The first-order valence-electron chi connectivity index (χ1n) is 8.03. The summed E-state index contributed by atoms with van der Waals surface area (Å²) in [6.07, 6.45) is 7.68. The molecule has 21 heavy (non-hydrogen) atoms. The number of aryl methyl sites for hydroxylation is 3. The van der Waals surface area contributed by atoms with E-state index in [1.54, 1.807) is 0 Å². The van der Waals surface area contributed by atoms with Gasteiger partial charge in [0.05, 0.1) is 0 Å². The Morgan fingerprint density at radius 3 is 2.52 bits per heavy atom. The minimum atomic E-state index is 0.583. The quantitative estimate of drug-likeness (QED) is 0.765. The lowest BCUT2D eigenvalue weighted by atomic mass is 10.0. The van der Waals surface area contributed by atoms with Crippen LogP contribution in [0.3, 0.4) is 0 Å². The van der Waals surface area contributed by atoms with E-state index in [1.165, 1.54) is 30.5 Å². The lowest BCUT2D eigenvalue weighted by molar-refractivity contribution is 0.448. The third-order valence-electron chi connectivity index (χ3n) is 3.98. The lowest BCUT2D eigenvalue weighted by Crippen LogP contribution is -2.31. The third kappa shape index (κ3) is 5.35. The van der Waals surface area contributed by atoms with Crippen molar-refractivity contribution in [3.8, 4) is 0 Å². The van der Waals surface area contributed by atoms with E-state index in [-0.39, 0.29) is 0 Å². The third-order valence-corrected chi connectivity index (χ3v) is 3.98. The maximum atomic E-state index is 4.25. The summed E-state index contributed by atoms with van der Waals surface area (Å²) < 4.78 is 1.98. The Balaban J connectivity index is 1.83. The first-order valence-corrected chi connectivity index (χ1v) is 8.03. The van der Waals surface area contributed by atoms with Gasteiger partial charge in [-0.3, -0.25) is 4.68 Å². The molecule has 2 aromatic rings. The van der Waals surface area contributed by atoms with Crippen LogP contribution in [0.1, 0.15) is 37.4 Å². The molecule has 0 radical (unpaired) electrons. The van der Waals surface area contributed by atoms with Crippen LogP contribution in [0.4, 0.5) is 0 Å². The Morgan fingerprint density at radius 2 is 1.86 bits per heavy atom. The van der Waals surface area contributed by atoms with E-state index in [1.807, 2.05) is 17.9 Å². The Kier molecular flexibility index (Phi) is 6.48. The molecule has 114 valence electrons. The molecule has 0 aliphatic rings. The van der Waals surface area contributed by atoms with Crippen LogP contribution in [0, 0.1) is 0 Å². The first-order chi connectivity index (χ1) is 10.3. The highest BCUT2D eigenvalue weighted by Crippen LogP contribution is 2.11. The van der Waals surface area contributed by atoms with Gasteiger partial charge in [0.2, 0.25) is 0 Å². The summed E-state index contributed by atoms with van der Waals surface area (Å²) in [6, 6.07) is 13.5. The van der Waals surface area contributed by atoms with Crippen molar-refractivity contribution in [3.05, 3.63) is 53.9 Å². The van der Waals surface area contributed by atoms with E-state index in [0.717, 1.165) is 19.4 Å². The maximum absolute atomic E-state index is 4.25. The summed E-state index contributed by atoms with van der Waals surface area (Å²) in [7, 11) is 2.02. The molecule has 0 amide bonds. The second-order valence-corrected chi connectivity index (χ2v) is 5.66. The van der Waals surface area contributed by atoms with E-state index in [4.69, 9.17) is 0 Å². The largest absolute Gasteiger partial charge is 0.314 e. The molecule has 0 fully saturated rings. The van der Waals surface area contributed by atoms with Gasteiger partial charge in [0.1, 0.15) is 0 Å². The molecule has 0 aliphatic heterocycles. The summed E-state index contributed by atoms with van der Waals surface area (Å²) in [5.74, 6) is 0. The molecule has 1 aromatic carbocycles. The topological polar surface area (TPSA) is 29.9 Å². The molecular formula is C18H27N3. The first kappa shape index (κ1) is 15.8. The number of hydrogen-bond donors (Lipinski definition) is 1. The molecule has 3 heteroatoms. The highest BCUT2D eigenvalue weighted by atomic mass is 15.2. The zero-order valence-corrected chi connectivity index (χ0v) is 13.3. The summed E-state index contributed by atoms with van der Waals surface area (Å²) in [5.41, 5.74) is 2.75. The number of hydrogen-bond acceptors (Lipinski definition) is 2. The fraction of sp³-hybridized carbons (Fsp3) is 0.500. The predicted octanol–water partition coefficient (Wildman–Crippen LogP) is 3.35. The van der Waals surface area contributed by atoms with Crippen molar-refractivity contribution in [2.24, 2.45) is 7.05 Å². The van der Waals surface area contributed by atoms with Crippen LogP contribution < -0.4 is 5.32 Å². The molecule has 0 saturated carbocycles. The molecule has 1 aromatic heterocycles. The van der Waals surface area contributed by atoms with E-state index < -0.39 is 0 Å². The zero-order chi connectivity index (χ0) is 14.9. The molecule has 0 bridgehead atoms. The standard InChI is InChI=1S/C18H27N3/c1-3-14-19-17(10-9-16-7-5-4-6-8-16)11-12-18-13-15-20-21(18)2/h4-8,13,15,17,19H,3,9-12,14H2,1-2H3. The van der Waals surface area contributed by atoms with Gasteiger partial charge in [-0.2, -0.15) is 5.10 Å². The fourth-order valence-corrected chi connectivity index (χ4v) is 2.65. The number of nitrogens with one attached hydrogen (secondary N) is 1. The zero-order valence-electron chi connectivity index (χ0n) is 13.3. The van der Waals surface area contributed by atoms with Crippen LogP contribution in [-0.4, -0.2) is 22.4 Å². The van der Waals surface area contributed by atoms with Crippen molar-refractivity contribution in [3.63, 3.8) is 0 Å². The van der Waals surface area contributed by atoms with Gasteiger partial charge < -0.3 is 5.32 Å². The maximum Gasteiger partial charge on any atom is 0.0492 e. The van der Waals surface area contributed by atoms with Gasteiger partial charge >= 0.3 is 0 Å². The smallest absolute Gasteiger partial charge is 0.0492 e. The molecular weight excluding hydrogens is 258 g/mol. The van der Waals surface area contributed by atoms with Crippen LogP contribution in [0.25, 0.3) is 0 Å². The fourth-order valence-electron chi connectivity index (χ4n) is 2.65. The highest BCUT2D eigenvalue weighted by molar-refractivity contribution is 5.14. The SMILES string of the molecule is CCCNC(CCc1ccccc1)CCc1ccnn1C. The molecule has 0 aliphatic carbocycles. The second kappa shape index (κ2) is 8.63. The van der Waals surface area contributed by atoms with Gasteiger partial charge in [0.15, 0.2) is 0 Å². The van der Waals surface area contributed by atoms with E-state index in [9.17, 15) is 0 Å². The molecule has 0 saturated heterocycles. The average Bonchev–Trinajstić information content (AvgIpc) is 2.93. The van der Waals surface area contributed by atoms with Crippen molar-refractivity contribution in [1.29, 1.82) is 0 Å². The number of aromatic nitrogens is 2. The molecule has 1 N–H and O–H groups in total. The Hall–Kier alpha value is -1.61. The predicted molar refractivity (Wildman–Crippen MR) is 88.4 cm³/mol. The summed E-state index contributed by atoms with van der Waals surface area (Å²) >= 11 is 0. The van der Waals surface area contributed by atoms with E-state index in [0.29, 0.717) is 6.04 Å². The van der Waals surface area contributed by atoms with Gasteiger partial charge in [0.25, 0.3) is 0 Å².